The third-order valence-corrected chi connectivity index (χ3v) is 2.62. The molecule has 100 valence electrons. The average molecular weight is 251 g/mol. The molecule has 0 saturated carbocycles. The van der Waals surface area contributed by atoms with Crippen LogP contribution in [-0.4, -0.2) is 25.2 Å². The molecule has 0 amide bonds. The molecule has 4 heteroatoms. The first-order valence-electron chi connectivity index (χ1n) is 6.17. The van der Waals surface area contributed by atoms with E-state index in [1.165, 1.54) is 0 Å². The lowest BCUT2D eigenvalue weighted by Gasteiger charge is -2.13. The number of rotatable bonds is 6. The molecular formula is C14H21NO3. The van der Waals surface area contributed by atoms with E-state index < -0.39 is 6.04 Å². The molecular weight excluding hydrogens is 230 g/mol. The molecule has 0 spiro atoms. The van der Waals surface area contributed by atoms with Crippen molar-refractivity contribution < 1.29 is 14.3 Å². The summed E-state index contributed by atoms with van der Waals surface area (Å²) in [5, 5.41) is 0. The molecule has 0 aliphatic rings. The summed E-state index contributed by atoms with van der Waals surface area (Å²) in [4.78, 5) is 11.3. The highest BCUT2D eigenvalue weighted by atomic mass is 16.5. The van der Waals surface area contributed by atoms with Crippen molar-refractivity contribution in [1.29, 1.82) is 0 Å². The van der Waals surface area contributed by atoms with Crippen LogP contribution in [0.5, 0.6) is 5.75 Å². The zero-order chi connectivity index (χ0) is 13.5. The molecule has 0 radical (unpaired) electrons. The zero-order valence-electron chi connectivity index (χ0n) is 11.2. The largest absolute Gasteiger partial charge is 0.493 e. The van der Waals surface area contributed by atoms with Gasteiger partial charge in [-0.15, -0.1) is 0 Å². The van der Waals surface area contributed by atoms with Gasteiger partial charge in [0.25, 0.3) is 0 Å². The van der Waals surface area contributed by atoms with E-state index in [1.54, 1.807) is 6.92 Å². The average Bonchev–Trinajstić information content (AvgIpc) is 2.33. The van der Waals surface area contributed by atoms with Crippen LogP contribution in [0.2, 0.25) is 0 Å². The molecule has 0 fully saturated rings. The van der Waals surface area contributed by atoms with Crippen LogP contribution in [0.3, 0.4) is 0 Å². The minimum Gasteiger partial charge on any atom is -0.493 e. The highest BCUT2D eigenvalue weighted by Gasteiger charge is 2.14. The third-order valence-electron chi connectivity index (χ3n) is 2.62. The van der Waals surface area contributed by atoms with E-state index in [9.17, 15) is 4.79 Å². The van der Waals surface area contributed by atoms with Crippen molar-refractivity contribution >= 4 is 5.97 Å². The van der Waals surface area contributed by atoms with Gasteiger partial charge < -0.3 is 15.2 Å². The molecule has 4 nitrogen and oxygen atoms in total. The van der Waals surface area contributed by atoms with E-state index >= 15 is 0 Å². The number of hydrogen-bond donors (Lipinski definition) is 1. The summed E-state index contributed by atoms with van der Waals surface area (Å²) in [5.74, 6) is 0.466. The Morgan fingerprint density at radius 3 is 2.78 bits per heavy atom. The number of hydrogen-bond acceptors (Lipinski definition) is 4. The number of esters is 1. The number of benzene rings is 1. The van der Waals surface area contributed by atoms with Gasteiger partial charge in [0.2, 0.25) is 0 Å². The van der Waals surface area contributed by atoms with Crippen LogP contribution < -0.4 is 10.5 Å². The highest BCUT2D eigenvalue weighted by Crippen LogP contribution is 2.19. The Morgan fingerprint density at radius 1 is 1.39 bits per heavy atom. The lowest BCUT2D eigenvalue weighted by molar-refractivity contribution is -0.145. The SMILES string of the molecule is CCOC(=O)C(N)CCOc1cc(C)ccc1C. The Hall–Kier alpha value is -1.55. The maximum atomic E-state index is 11.3. The minimum atomic E-state index is -0.616. The topological polar surface area (TPSA) is 61.5 Å². The summed E-state index contributed by atoms with van der Waals surface area (Å²) >= 11 is 0. The fourth-order valence-electron chi connectivity index (χ4n) is 1.53. The second kappa shape index (κ2) is 7.01. The fraction of sp³-hybridized carbons (Fsp3) is 0.500. The van der Waals surface area contributed by atoms with Gasteiger partial charge in [0.1, 0.15) is 11.8 Å². The third kappa shape index (κ3) is 4.37. The predicted octanol–water partition coefficient (Wildman–Crippen LogP) is 1.96. The van der Waals surface area contributed by atoms with E-state index in [2.05, 4.69) is 0 Å². The second-order valence-electron chi connectivity index (χ2n) is 4.26. The van der Waals surface area contributed by atoms with Gasteiger partial charge in [-0.05, 0) is 38.0 Å². The molecule has 1 rings (SSSR count). The van der Waals surface area contributed by atoms with Crippen LogP contribution in [-0.2, 0) is 9.53 Å². The monoisotopic (exact) mass is 251 g/mol. The summed E-state index contributed by atoms with van der Waals surface area (Å²) in [6, 6.07) is 5.41. The maximum Gasteiger partial charge on any atom is 0.323 e. The lowest BCUT2D eigenvalue weighted by Crippen LogP contribution is -2.33. The summed E-state index contributed by atoms with van der Waals surface area (Å²) in [7, 11) is 0. The molecule has 0 bridgehead atoms. The van der Waals surface area contributed by atoms with Gasteiger partial charge in [-0.3, -0.25) is 4.79 Å². The molecule has 0 saturated heterocycles. The molecule has 1 aromatic carbocycles. The Morgan fingerprint density at radius 2 is 2.11 bits per heavy atom. The molecule has 0 aromatic heterocycles. The number of aryl methyl sites for hydroxylation is 2. The Labute approximate surface area is 108 Å². The molecule has 0 aliphatic carbocycles. The molecule has 18 heavy (non-hydrogen) atoms. The number of nitrogens with two attached hydrogens (primary N) is 1. The predicted molar refractivity (Wildman–Crippen MR) is 70.6 cm³/mol. The van der Waals surface area contributed by atoms with Crippen LogP contribution in [0.4, 0.5) is 0 Å². The number of ether oxygens (including phenoxy) is 2. The molecule has 1 unspecified atom stereocenters. The highest BCUT2D eigenvalue weighted by molar-refractivity contribution is 5.75. The number of carbonyl (C=O) groups excluding carboxylic acids is 1. The normalized spacial score (nSPS) is 12.0. The van der Waals surface area contributed by atoms with Crippen LogP contribution in [0.1, 0.15) is 24.5 Å². The Balaban J connectivity index is 2.41. The Kier molecular flexibility index (Phi) is 5.65. The van der Waals surface area contributed by atoms with Crippen molar-refractivity contribution in [2.45, 2.75) is 33.2 Å². The summed E-state index contributed by atoms with van der Waals surface area (Å²) < 4.78 is 10.5. The van der Waals surface area contributed by atoms with Gasteiger partial charge in [0.05, 0.1) is 13.2 Å². The first-order valence-corrected chi connectivity index (χ1v) is 6.17. The zero-order valence-corrected chi connectivity index (χ0v) is 11.2. The van der Waals surface area contributed by atoms with E-state index in [4.69, 9.17) is 15.2 Å². The maximum absolute atomic E-state index is 11.3. The summed E-state index contributed by atoms with van der Waals surface area (Å²) in [6.45, 7) is 6.52. The minimum absolute atomic E-state index is 0.352. The van der Waals surface area contributed by atoms with Gasteiger partial charge in [0, 0.05) is 6.42 Å². The molecule has 1 aromatic rings. The van der Waals surface area contributed by atoms with Gasteiger partial charge in [-0.1, -0.05) is 12.1 Å². The first kappa shape index (κ1) is 14.5. The second-order valence-corrected chi connectivity index (χ2v) is 4.26. The van der Waals surface area contributed by atoms with Gasteiger partial charge in [0.15, 0.2) is 0 Å². The van der Waals surface area contributed by atoms with Gasteiger partial charge in [-0.25, -0.2) is 0 Å². The first-order chi connectivity index (χ1) is 8.54. The standard InChI is InChI=1S/C14H21NO3/c1-4-17-14(16)12(15)7-8-18-13-9-10(2)5-6-11(13)3/h5-6,9,12H,4,7-8,15H2,1-3H3. The van der Waals surface area contributed by atoms with Crippen molar-refractivity contribution in [3.05, 3.63) is 29.3 Å². The van der Waals surface area contributed by atoms with Gasteiger partial charge >= 0.3 is 5.97 Å². The van der Waals surface area contributed by atoms with Crippen molar-refractivity contribution in [2.24, 2.45) is 5.73 Å². The van der Waals surface area contributed by atoms with E-state index in [1.807, 2.05) is 32.0 Å². The van der Waals surface area contributed by atoms with Crippen molar-refractivity contribution in [3.63, 3.8) is 0 Å². The smallest absolute Gasteiger partial charge is 0.323 e. The molecule has 1 atom stereocenters. The van der Waals surface area contributed by atoms with Crippen LogP contribution >= 0.6 is 0 Å². The van der Waals surface area contributed by atoms with Crippen LogP contribution in [0.15, 0.2) is 18.2 Å². The van der Waals surface area contributed by atoms with E-state index in [0.717, 1.165) is 16.9 Å². The molecule has 2 N–H and O–H groups in total. The van der Waals surface area contributed by atoms with Crippen molar-refractivity contribution in [1.82, 2.24) is 0 Å². The van der Waals surface area contributed by atoms with Crippen LogP contribution in [0, 0.1) is 13.8 Å². The van der Waals surface area contributed by atoms with Crippen LogP contribution in [0.25, 0.3) is 0 Å². The quantitative estimate of drug-likeness (QED) is 0.785. The summed E-state index contributed by atoms with van der Waals surface area (Å²) in [6.07, 6.45) is 0.451. The fourth-order valence-corrected chi connectivity index (χ4v) is 1.53. The molecule has 0 heterocycles. The molecule has 0 aliphatic heterocycles. The van der Waals surface area contributed by atoms with Crippen molar-refractivity contribution in [2.75, 3.05) is 13.2 Å². The number of carbonyl (C=O) groups is 1. The van der Waals surface area contributed by atoms with E-state index in [-0.39, 0.29) is 5.97 Å². The van der Waals surface area contributed by atoms with Crippen molar-refractivity contribution in [3.8, 4) is 5.75 Å². The lowest BCUT2D eigenvalue weighted by atomic mass is 10.1. The van der Waals surface area contributed by atoms with E-state index in [0.29, 0.717) is 19.6 Å². The van der Waals surface area contributed by atoms with Gasteiger partial charge in [-0.2, -0.15) is 0 Å². The Bertz CT molecular complexity index is 404. The summed E-state index contributed by atoms with van der Waals surface area (Å²) in [5.41, 5.74) is 7.90.